The van der Waals surface area contributed by atoms with Gasteiger partial charge in [-0.2, -0.15) is 4.99 Å². The van der Waals surface area contributed by atoms with Gasteiger partial charge < -0.3 is 4.90 Å². The topological polar surface area (TPSA) is 82.1 Å². The quantitative estimate of drug-likeness (QED) is 0.543. The maximum absolute atomic E-state index is 11.9. The molecule has 5 amide bonds. The Morgan fingerprint density at radius 2 is 2.21 bits per heavy atom. The van der Waals surface area contributed by atoms with Gasteiger partial charge in [0.05, 0.1) is 0 Å². The number of fused-ring (bicyclic) bond motifs is 1. The van der Waals surface area contributed by atoms with E-state index in [1.54, 1.807) is 0 Å². The fraction of sp³-hybridized carbons (Fsp3) is 0.429. The molecule has 0 radical (unpaired) electrons. The smallest absolute Gasteiger partial charge is 0.307 e. The third-order valence-electron chi connectivity index (χ3n) is 2.06. The molecule has 0 aromatic carbocycles. The molecule has 7 heteroatoms. The van der Waals surface area contributed by atoms with Gasteiger partial charge in [-0.25, -0.2) is 9.59 Å². The van der Waals surface area contributed by atoms with E-state index >= 15 is 0 Å². The number of nitrogens with zero attached hydrogens (tertiary/aromatic N) is 3. The van der Waals surface area contributed by atoms with Crippen molar-refractivity contribution in [3.05, 3.63) is 0 Å². The molecule has 0 spiro atoms. The first kappa shape index (κ1) is 5.74. The molecule has 0 aliphatic carbocycles. The number of imide groups is 1. The zero-order chi connectivity index (χ0) is 13.0. The maximum Gasteiger partial charge on any atom is 0.346 e. The zero-order valence-corrected chi connectivity index (χ0v) is 7.14. The second kappa shape index (κ2) is 2.53. The number of amides is 5. The van der Waals surface area contributed by atoms with Crippen LogP contribution in [0.15, 0.2) is 4.99 Å². The molecule has 2 aliphatic heterocycles. The number of rotatable bonds is 0. The molecule has 2 heterocycles. The minimum absolute atomic E-state index is 0.117. The van der Waals surface area contributed by atoms with Gasteiger partial charge in [-0.15, -0.1) is 0 Å². The third-order valence-corrected chi connectivity index (χ3v) is 2.06. The second-order valence-electron chi connectivity index (χ2n) is 2.90. The highest BCUT2D eigenvalue weighted by Crippen LogP contribution is 2.15. The van der Waals surface area contributed by atoms with Crippen LogP contribution in [-0.4, -0.2) is 53.7 Å². The van der Waals surface area contributed by atoms with Crippen LogP contribution in [0.25, 0.3) is 0 Å². The van der Waals surface area contributed by atoms with E-state index in [0.29, 0.717) is 0 Å². The number of urea groups is 2. The molecule has 0 bridgehead atoms. The van der Waals surface area contributed by atoms with E-state index in [1.807, 2.05) is 0 Å². The highest BCUT2D eigenvalue weighted by atomic mass is 16.2. The van der Waals surface area contributed by atoms with Gasteiger partial charge in [-0.1, -0.05) is 0 Å². The summed E-state index contributed by atoms with van der Waals surface area (Å²) in [6, 6.07) is -2.97. The van der Waals surface area contributed by atoms with E-state index in [2.05, 4.69) is 10.3 Å². The summed E-state index contributed by atoms with van der Waals surface area (Å²) >= 11 is 0. The van der Waals surface area contributed by atoms with E-state index < -0.39 is 31.0 Å². The molecule has 74 valence electrons. The molecule has 2 aliphatic rings. The fourth-order valence-electron chi connectivity index (χ4n) is 1.30. The molecular weight excluding hydrogens is 188 g/mol. The van der Waals surface area contributed by atoms with Crippen molar-refractivity contribution in [2.75, 3.05) is 14.0 Å². The highest BCUT2D eigenvalue weighted by Gasteiger charge is 2.45. The van der Waals surface area contributed by atoms with Crippen LogP contribution >= 0.6 is 0 Å². The van der Waals surface area contributed by atoms with Crippen LogP contribution in [0, 0.1) is 0 Å². The van der Waals surface area contributed by atoms with Crippen molar-refractivity contribution < 1.29 is 18.5 Å². The lowest BCUT2D eigenvalue weighted by Gasteiger charge is -2.29. The predicted molar refractivity (Wildman–Crippen MR) is 45.7 cm³/mol. The van der Waals surface area contributed by atoms with Gasteiger partial charge in [0.25, 0.3) is 5.91 Å². The minimum Gasteiger partial charge on any atom is -0.307 e. The molecule has 0 aromatic heterocycles. The Balaban J connectivity index is 2.40. The van der Waals surface area contributed by atoms with E-state index in [0.717, 1.165) is 4.90 Å². The summed E-state index contributed by atoms with van der Waals surface area (Å²) < 4.78 is 21.3. The van der Waals surface area contributed by atoms with Crippen molar-refractivity contribution in [1.82, 2.24) is 15.1 Å². The van der Waals surface area contributed by atoms with Gasteiger partial charge in [-0.3, -0.25) is 15.0 Å². The molecule has 2 rings (SSSR count). The van der Waals surface area contributed by atoms with Crippen LogP contribution < -0.4 is 5.32 Å². The summed E-state index contributed by atoms with van der Waals surface area (Å²) in [6.45, 7) is -2.89. The predicted octanol–water partition coefficient (Wildman–Crippen LogP) is -1.000. The summed E-state index contributed by atoms with van der Waals surface area (Å²) in [6.07, 6.45) is 0. The molecule has 0 aromatic rings. The Morgan fingerprint density at radius 3 is 2.86 bits per heavy atom. The van der Waals surface area contributed by atoms with Gasteiger partial charge in [-0.05, 0) is 0 Å². The molecule has 1 unspecified atom stereocenters. The molecular formula is C7H8N4O3. The Kier molecular flexibility index (Phi) is 1.04. The number of hydrogen-bond acceptors (Lipinski definition) is 3. The first-order valence-corrected chi connectivity index (χ1v) is 3.74. The summed E-state index contributed by atoms with van der Waals surface area (Å²) in [5.74, 6) is -1.12. The van der Waals surface area contributed by atoms with E-state index in [9.17, 15) is 14.4 Å². The molecule has 0 saturated carbocycles. The van der Waals surface area contributed by atoms with Crippen LogP contribution in [0.4, 0.5) is 9.59 Å². The Morgan fingerprint density at radius 1 is 1.50 bits per heavy atom. The molecule has 1 N–H and O–H groups in total. The number of carbonyl (C=O) groups excluding carboxylic acids is 3. The molecule has 14 heavy (non-hydrogen) atoms. The van der Waals surface area contributed by atoms with E-state index in [4.69, 9.17) is 4.11 Å². The number of nitrogens with one attached hydrogen (secondary N) is 1. The first-order chi connectivity index (χ1) is 7.73. The van der Waals surface area contributed by atoms with Gasteiger partial charge in [0.15, 0.2) is 6.04 Å². The number of carbonyl (C=O) groups is 3. The van der Waals surface area contributed by atoms with Crippen LogP contribution in [0.1, 0.15) is 4.11 Å². The van der Waals surface area contributed by atoms with Gasteiger partial charge in [0, 0.05) is 18.1 Å². The number of amidine groups is 1. The van der Waals surface area contributed by atoms with E-state index in [1.165, 1.54) is 7.05 Å². The first-order valence-electron chi connectivity index (χ1n) is 5.24. The van der Waals surface area contributed by atoms with Crippen LogP contribution in [0.3, 0.4) is 0 Å². The highest BCUT2D eigenvalue weighted by molar-refractivity contribution is 6.25. The minimum atomic E-state index is -2.89. The lowest BCUT2D eigenvalue weighted by atomic mass is 10.2. The molecule has 1 saturated heterocycles. The third kappa shape index (κ3) is 0.918. The van der Waals surface area contributed by atoms with Crippen molar-refractivity contribution in [3.63, 3.8) is 0 Å². The van der Waals surface area contributed by atoms with Crippen molar-refractivity contribution in [3.8, 4) is 0 Å². The van der Waals surface area contributed by atoms with Gasteiger partial charge >= 0.3 is 12.1 Å². The van der Waals surface area contributed by atoms with Crippen LogP contribution in [0.2, 0.25) is 0 Å². The SMILES string of the molecule is [2H]C([2H])([2H])N1C(=O)NC2=NC(=O)N(C)C2C1=O. The summed E-state index contributed by atoms with van der Waals surface area (Å²) in [5.41, 5.74) is 0. The zero-order valence-electron chi connectivity index (χ0n) is 10.1. The number of aliphatic imine (C=N–C) groups is 1. The Labute approximate surface area is 83.6 Å². The largest absolute Gasteiger partial charge is 0.346 e. The van der Waals surface area contributed by atoms with Crippen LogP contribution in [-0.2, 0) is 4.79 Å². The lowest BCUT2D eigenvalue weighted by molar-refractivity contribution is -0.129. The van der Waals surface area contributed by atoms with Crippen molar-refractivity contribution >= 4 is 23.8 Å². The molecule has 1 atom stereocenters. The summed E-state index contributed by atoms with van der Waals surface area (Å²) in [7, 11) is 1.30. The summed E-state index contributed by atoms with van der Waals surface area (Å²) in [5, 5.41) is 2.12. The Hall–Kier alpha value is -1.92. The van der Waals surface area contributed by atoms with E-state index in [-0.39, 0.29) is 10.7 Å². The Bertz CT molecular complexity index is 458. The normalized spacial score (nSPS) is 30.4. The maximum atomic E-state index is 11.9. The van der Waals surface area contributed by atoms with Crippen molar-refractivity contribution in [2.24, 2.45) is 4.99 Å². The van der Waals surface area contributed by atoms with Crippen molar-refractivity contribution in [1.29, 1.82) is 0 Å². The van der Waals surface area contributed by atoms with Crippen LogP contribution in [0.5, 0.6) is 0 Å². The van der Waals surface area contributed by atoms with Crippen molar-refractivity contribution in [2.45, 2.75) is 6.04 Å². The summed E-state index contributed by atoms with van der Waals surface area (Å²) in [4.78, 5) is 39.0. The number of likely N-dealkylation sites (N-methyl/N-ethyl adjacent to an activating group) is 2. The van der Waals surface area contributed by atoms with Gasteiger partial charge in [0.1, 0.15) is 5.84 Å². The standard InChI is InChI=1S/C7H8N4O3/c1-10-3-4(8-6(10)13)9-7(14)11(2)5(3)12/h3H,1-2H3,(H,8,9,13,14)/i2D3. The average Bonchev–Trinajstić information content (AvgIpc) is 2.39. The number of hydrogen-bond donors (Lipinski definition) is 1. The van der Waals surface area contributed by atoms with Gasteiger partial charge in [0.2, 0.25) is 0 Å². The fourth-order valence-corrected chi connectivity index (χ4v) is 1.30. The lowest BCUT2D eigenvalue weighted by Crippen LogP contribution is -2.61. The molecule has 7 nitrogen and oxygen atoms in total. The molecule has 1 fully saturated rings. The average molecular weight is 199 g/mol. The monoisotopic (exact) mass is 199 g/mol. The second-order valence-corrected chi connectivity index (χ2v) is 2.90.